The van der Waals surface area contributed by atoms with Gasteiger partial charge in [-0.3, -0.25) is 0 Å². The highest BCUT2D eigenvalue weighted by Crippen LogP contribution is 2.54. The molecule has 0 N–H and O–H groups in total. The summed E-state index contributed by atoms with van der Waals surface area (Å²) in [5, 5.41) is 11.0. The van der Waals surface area contributed by atoms with Gasteiger partial charge in [-0.2, -0.15) is 0 Å². The molecule has 0 aliphatic carbocycles. The number of ether oxygens (including phenoxy) is 1. The van der Waals surface area contributed by atoms with Gasteiger partial charge in [0.25, 0.3) is 0 Å². The van der Waals surface area contributed by atoms with Crippen molar-refractivity contribution in [1.82, 2.24) is 0 Å². The molecule has 1 aliphatic heterocycles. The lowest BCUT2D eigenvalue weighted by Gasteiger charge is -2.30. The van der Waals surface area contributed by atoms with Crippen molar-refractivity contribution in [3.63, 3.8) is 0 Å². The maximum absolute atomic E-state index is 7.11. The van der Waals surface area contributed by atoms with Gasteiger partial charge in [0.1, 0.15) is 22.7 Å². The molecular weight excluding hydrogens is 797 g/mol. The third-order valence-electron chi connectivity index (χ3n) is 13.1. The average molecular weight is 833 g/mol. The molecule has 0 unspecified atom stereocenters. The van der Waals surface area contributed by atoms with Crippen LogP contribution < -0.4 is 14.5 Å². The van der Waals surface area contributed by atoms with Gasteiger partial charge in [-0.1, -0.05) is 152 Å². The lowest BCUT2D eigenvalue weighted by molar-refractivity contribution is 0.493. The smallest absolute Gasteiger partial charge is 0.159 e. The van der Waals surface area contributed by atoms with Crippen molar-refractivity contribution in [2.24, 2.45) is 0 Å². The Balaban J connectivity index is 0.993. The number of anilines is 6. The molecule has 14 rings (SSSR count). The number of para-hydroxylation sites is 6. The van der Waals surface area contributed by atoms with Crippen molar-refractivity contribution in [3.8, 4) is 22.6 Å². The Labute approximate surface area is 373 Å². The minimum Gasteiger partial charge on any atom is -0.456 e. The molecule has 0 fully saturated rings. The van der Waals surface area contributed by atoms with Crippen molar-refractivity contribution >= 4 is 110 Å². The monoisotopic (exact) mass is 832 g/mol. The Kier molecular flexibility index (Phi) is 7.62. The van der Waals surface area contributed by atoms with Crippen molar-refractivity contribution in [2.45, 2.75) is 0 Å². The number of rotatable bonds is 7. The molecule has 0 saturated heterocycles. The molecule has 0 spiro atoms. The minimum atomic E-state index is 0.815. The highest BCUT2D eigenvalue weighted by molar-refractivity contribution is 6.29. The predicted molar refractivity (Wildman–Crippen MR) is 268 cm³/mol. The van der Waals surface area contributed by atoms with Gasteiger partial charge < -0.3 is 23.4 Å². The standard InChI is InChI=1S/C60H36N2O3/c1-4-16-37(17-5-1)43-23-12-24-46-47-26-14-29-50(60(47)65-58(43)46)62(41-20-8-3-9-21-41)51-35-39-33-32-38-34-42(36-54-55(38)56(39)57-48(51)27-15-31-53(57)63-54)61(40-18-6-2-7-19-40)49-28-13-25-45-44-22-10-11-30-52(44)64-59(45)49/h1-36H. The summed E-state index contributed by atoms with van der Waals surface area (Å²) in [6, 6.07) is 76.9. The van der Waals surface area contributed by atoms with Gasteiger partial charge in [-0.15, -0.1) is 0 Å². The number of furan rings is 2. The number of hydrogen-bond acceptors (Lipinski definition) is 5. The summed E-state index contributed by atoms with van der Waals surface area (Å²) in [5.41, 5.74) is 11.6. The molecule has 304 valence electrons. The van der Waals surface area contributed by atoms with Crippen molar-refractivity contribution in [3.05, 3.63) is 218 Å². The SMILES string of the molecule is c1ccc(-c2cccc3c2oc2c(N(c4ccccc4)c4cc5ccc6cc(N(c7ccccc7)c7cccc8c7oc7ccccc78)cc7c6c5c5c(cccc45)O7)cccc23)cc1. The predicted octanol–water partition coefficient (Wildman–Crippen LogP) is 17.7. The first kappa shape index (κ1) is 35.8. The van der Waals surface area contributed by atoms with Gasteiger partial charge in [-0.25, -0.2) is 0 Å². The highest BCUT2D eigenvalue weighted by Gasteiger charge is 2.28. The maximum Gasteiger partial charge on any atom is 0.159 e. The first-order valence-corrected chi connectivity index (χ1v) is 22.0. The van der Waals surface area contributed by atoms with E-state index in [1.807, 2.05) is 18.2 Å². The van der Waals surface area contributed by atoms with Crippen LogP contribution in [0.4, 0.5) is 34.1 Å². The molecule has 3 heterocycles. The van der Waals surface area contributed by atoms with Crippen LogP contribution in [0.1, 0.15) is 0 Å². The number of nitrogens with zero attached hydrogens (tertiary/aromatic N) is 2. The number of fused-ring (bicyclic) bond motifs is 6. The fraction of sp³-hybridized carbons (Fsp3) is 0. The zero-order chi connectivity index (χ0) is 42.6. The Morgan fingerprint density at radius 1 is 0.308 bits per heavy atom. The molecule has 0 amide bonds. The maximum atomic E-state index is 7.11. The lowest BCUT2D eigenvalue weighted by Crippen LogP contribution is -2.12. The van der Waals surface area contributed by atoms with Crippen molar-refractivity contribution in [2.75, 3.05) is 9.80 Å². The van der Waals surface area contributed by atoms with Gasteiger partial charge in [0.15, 0.2) is 11.2 Å². The zero-order valence-electron chi connectivity index (χ0n) is 34.9. The van der Waals surface area contributed by atoms with Crippen molar-refractivity contribution < 1.29 is 13.6 Å². The Morgan fingerprint density at radius 3 is 1.65 bits per heavy atom. The molecule has 1 aliphatic rings. The second-order valence-electron chi connectivity index (χ2n) is 16.8. The summed E-state index contributed by atoms with van der Waals surface area (Å²) in [6.07, 6.45) is 0. The average Bonchev–Trinajstić information content (AvgIpc) is 3.95. The quantitative estimate of drug-likeness (QED) is 0.150. The van der Waals surface area contributed by atoms with E-state index in [0.29, 0.717) is 0 Å². The van der Waals surface area contributed by atoms with Gasteiger partial charge in [0.05, 0.1) is 22.7 Å². The number of benzene rings is 11. The van der Waals surface area contributed by atoms with Crippen LogP contribution in [0.25, 0.3) is 87.3 Å². The van der Waals surface area contributed by atoms with Crippen LogP contribution in [0.15, 0.2) is 227 Å². The molecule has 5 heteroatoms. The summed E-state index contributed by atoms with van der Waals surface area (Å²) in [6.45, 7) is 0. The molecule has 2 aromatic heterocycles. The van der Waals surface area contributed by atoms with E-state index in [9.17, 15) is 0 Å². The third kappa shape index (κ3) is 5.33. The third-order valence-corrected chi connectivity index (χ3v) is 13.1. The number of hydrogen-bond donors (Lipinski definition) is 0. The Morgan fingerprint density at radius 2 is 0.877 bits per heavy atom. The minimum absolute atomic E-state index is 0.815. The normalized spacial score (nSPS) is 12.1. The Hall–Kier alpha value is -8.80. The fourth-order valence-corrected chi connectivity index (χ4v) is 10.4. The van der Waals surface area contributed by atoms with E-state index < -0.39 is 0 Å². The first-order chi connectivity index (χ1) is 32.2. The van der Waals surface area contributed by atoms with Gasteiger partial charge in [0, 0.05) is 66.1 Å². The highest BCUT2D eigenvalue weighted by atomic mass is 16.5. The topological polar surface area (TPSA) is 42.0 Å². The lowest BCUT2D eigenvalue weighted by atomic mass is 9.91. The van der Waals surface area contributed by atoms with Crippen LogP contribution in [-0.4, -0.2) is 0 Å². The fourth-order valence-electron chi connectivity index (χ4n) is 10.4. The van der Waals surface area contributed by atoms with Crippen LogP contribution in [-0.2, 0) is 0 Å². The molecule has 0 bridgehead atoms. The van der Waals surface area contributed by atoms with Crippen LogP contribution in [0, 0.1) is 0 Å². The van der Waals surface area contributed by atoms with Gasteiger partial charge >= 0.3 is 0 Å². The summed E-state index contributed by atoms with van der Waals surface area (Å²) >= 11 is 0. The van der Waals surface area contributed by atoms with E-state index >= 15 is 0 Å². The molecule has 65 heavy (non-hydrogen) atoms. The van der Waals surface area contributed by atoms with Crippen LogP contribution in [0.5, 0.6) is 11.5 Å². The van der Waals surface area contributed by atoms with Crippen LogP contribution in [0.2, 0.25) is 0 Å². The van der Waals surface area contributed by atoms with E-state index in [1.165, 1.54) is 5.39 Å². The molecule has 0 radical (unpaired) electrons. The second-order valence-corrected chi connectivity index (χ2v) is 16.8. The van der Waals surface area contributed by atoms with Crippen molar-refractivity contribution in [1.29, 1.82) is 0 Å². The molecule has 11 aromatic carbocycles. The van der Waals surface area contributed by atoms with E-state index in [0.717, 1.165) is 128 Å². The largest absolute Gasteiger partial charge is 0.456 e. The summed E-state index contributed by atoms with van der Waals surface area (Å²) in [7, 11) is 0. The van der Waals surface area contributed by atoms with Crippen LogP contribution in [0.3, 0.4) is 0 Å². The van der Waals surface area contributed by atoms with E-state index in [1.54, 1.807) is 0 Å². The van der Waals surface area contributed by atoms with Gasteiger partial charge in [-0.05, 0) is 77.0 Å². The van der Waals surface area contributed by atoms with Crippen LogP contribution >= 0.6 is 0 Å². The molecule has 5 nitrogen and oxygen atoms in total. The summed E-state index contributed by atoms with van der Waals surface area (Å²) < 4.78 is 20.8. The molecule has 13 aromatic rings. The molecule has 0 saturated carbocycles. The van der Waals surface area contributed by atoms with E-state index in [4.69, 9.17) is 13.6 Å². The second kappa shape index (κ2) is 13.9. The van der Waals surface area contributed by atoms with E-state index in [2.05, 4.69) is 210 Å². The van der Waals surface area contributed by atoms with E-state index in [-0.39, 0.29) is 0 Å². The zero-order valence-corrected chi connectivity index (χ0v) is 34.9. The molecule has 0 atom stereocenters. The molecular formula is C60H36N2O3. The first-order valence-electron chi connectivity index (χ1n) is 22.0. The summed E-state index contributed by atoms with van der Waals surface area (Å²) in [4.78, 5) is 4.64. The Bertz CT molecular complexity index is 4040. The van der Waals surface area contributed by atoms with Gasteiger partial charge in [0.2, 0.25) is 0 Å². The summed E-state index contributed by atoms with van der Waals surface area (Å²) in [5.74, 6) is 1.63.